The standard InChI is InChI=1S/C16H21F3N4O2/c17-16(18,19)12-6-3-7-21-14(12)22-9-8-20-13(24)10-23-15(25)11-4-1-2-5-11/h3,6-7,11H,1-2,4-5,8-10H2,(H,20,24)(H,21,22)(H,23,25). The first kappa shape index (κ1) is 19.0. The number of alkyl halides is 3. The Labute approximate surface area is 143 Å². The van der Waals surface area contributed by atoms with Crippen molar-refractivity contribution in [3.05, 3.63) is 23.9 Å². The van der Waals surface area contributed by atoms with Crippen LogP contribution in [0.15, 0.2) is 18.3 Å². The third kappa shape index (κ3) is 5.91. The molecule has 9 heteroatoms. The Morgan fingerprint density at radius 1 is 1.16 bits per heavy atom. The van der Waals surface area contributed by atoms with Gasteiger partial charge in [0, 0.05) is 25.2 Å². The maximum atomic E-state index is 12.8. The van der Waals surface area contributed by atoms with Crippen LogP contribution in [0.25, 0.3) is 0 Å². The Kier molecular flexibility index (Phi) is 6.60. The van der Waals surface area contributed by atoms with Crippen LogP contribution in [0.3, 0.4) is 0 Å². The molecule has 0 unspecified atom stereocenters. The quantitative estimate of drug-likeness (QED) is 0.651. The number of amides is 2. The molecular weight excluding hydrogens is 337 g/mol. The molecule has 1 saturated carbocycles. The summed E-state index contributed by atoms with van der Waals surface area (Å²) in [7, 11) is 0. The molecule has 1 aliphatic carbocycles. The van der Waals surface area contributed by atoms with Gasteiger partial charge in [0.15, 0.2) is 0 Å². The van der Waals surface area contributed by atoms with Crippen LogP contribution in [0.1, 0.15) is 31.2 Å². The Morgan fingerprint density at radius 2 is 1.88 bits per heavy atom. The molecule has 1 fully saturated rings. The van der Waals surface area contributed by atoms with Crippen LogP contribution < -0.4 is 16.0 Å². The van der Waals surface area contributed by atoms with Gasteiger partial charge in [0.05, 0.1) is 12.1 Å². The predicted molar refractivity (Wildman–Crippen MR) is 85.7 cm³/mol. The Balaban J connectivity index is 1.67. The molecule has 0 atom stereocenters. The summed E-state index contributed by atoms with van der Waals surface area (Å²) in [6.07, 6.45) is 0.526. The minimum Gasteiger partial charge on any atom is -0.368 e. The molecule has 6 nitrogen and oxygen atoms in total. The number of carbonyl (C=O) groups excluding carboxylic acids is 2. The van der Waals surface area contributed by atoms with Crippen LogP contribution in [0.5, 0.6) is 0 Å². The second-order valence-corrected chi connectivity index (χ2v) is 5.87. The zero-order chi connectivity index (χ0) is 18.3. The SMILES string of the molecule is O=C(CNC(=O)C1CCCC1)NCCNc1ncccc1C(F)(F)F. The van der Waals surface area contributed by atoms with Crippen LogP contribution in [-0.4, -0.2) is 36.4 Å². The second kappa shape index (κ2) is 8.68. The summed E-state index contributed by atoms with van der Waals surface area (Å²) in [5, 5.41) is 7.66. The number of nitrogens with one attached hydrogen (secondary N) is 3. The van der Waals surface area contributed by atoms with Gasteiger partial charge in [-0.05, 0) is 25.0 Å². The highest BCUT2D eigenvalue weighted by molar-refractivity contribution is 5.85. The maximum absolute atomic E-state index is 12.8. The van der Waals surface area contributed by atoms with E-state index >= 15 is 0 Å². The van der Waals surface area contributed by atoms with E-state index in [9.17, 15) is 22.8 Å². The number of anilines is 1. The molecule has 0 aliphatic heterocycles. The number of nitrogens with zero attached hydrogens (tertiary/aromatic N) is 1. The normalized spacial score (nSPS) is 15.0. The summed E-state index contributed by atoms with van der Waals surface area (Å²) >= 11 is 0. The summed E-state index contributed by atoms with van der Waals surface area (Å²) in [4.78, 5) is 27.1. The van der Waals surface area contributed by atoms with E-state index in [1.54, 1.807) is 0 Å². The lowest BCUT2D eigenvalue weighted by Gasteiger charge is -2.13. The molecule has 2 rings (SSSR count). The van der Waals surface area contributed by atoms with Crippen LogP contribution in [-0.2, 0) is 15.8 Å². The third-order valence-corrected chi connectivity index (χ3v) is 4.00. The molecule has 138 valence electrons. The zero-order valence-electron chi connectivity index (χ0n) is 13.7. The fourth-order valence-electron chi connectivity index (χ4n) is 2.72. The maximum Gasteiger partial charge on any atom is 0.419 e. The summed E-state index contributed by atoms with van der Waals surface area (Å²) < 4.78 is 38.4. The van der Waals surface area contributed by atoms with Gasteiger partial charge in [-0.2, -0.15) is 13.2 Å². The third-order valence-electron chi connectivity index (χ3n) is 4.00. The summed E-state index contributed by atoms with van der Waals surface area (Å²) in [5.41, 5.74) is -0.856. The van der Waals surface area contributed by atoms with E-state index in [2.05, 4.69) is 20.9 Å². The molecule has 1 heterocycles. The highest BCUT2D eigenvalue weighted by Gasteiger charge is 2.33. The first-order chi connectivity index (χ1) is 11.9. The first-order valence-corrected chi connectivity index (χ1v) is 8.18. The fourth-order valence-corrected chi connectivity index (χ4v) is 2.72. The van der Waals surface area contributed by atoms with E-state index in [-0.39, 0.29) is 43.2 Å². The molecule has 1 aliphatic rings. The highest BCUT2D eigenvalue weighted by Crippen LogP contribution is 2.33. The molecular formula is C16H21F3N4O2. The number of hydrogen-bond acceptors (Lipinski definition) is 4. The molecule has 0 bridgehead atoms. The van der Waals surface area contributed by atoms with Crippen molar-refractivity contribution in [1.82, 2.24) is 15.6 Å². The van der Waals surface area contributed by atoms with Crippen molar-refractivity contribution in [2.24, 2.45) is 5.92 Å². The number of pyridine rings is 1. The van der Waals surface area contributed by atoms with Crippen molar-refractivity contribution in [3.8, 4) is 0 Å². The highest BCUT2D eigenvalue weighted by atomic mass is 19.4. The molecule has 0 spiro atoms. The van der Waals surface area contributed by atoms with E-state index in [1.807, 2.05) is 0 Å². The van der Waals surface area contributed by atoms with Crippen molar-refractivity contribution in [2.45, 2.75) is 31.9 Å². The molecule has 25 heavy (non-hydrogen) atoms. The summed E-state index contributed by atoms with van der Waals surface area (Å²) in [6, 6.07) is 2.15. The van der Waals surface area contributed by atoms with Crippen LogP contribution in [0.2, 0.25) is 0 Å². The van der Waals surface area contributed by atoms with Gasteiger partial charge in [0.25, 0.3) is 0 Å². The van der Waals surface area contributed by atoms with Crippen LogP contribution >= 0.6 is 0 Å². The van der Waals surface area contributed by atoms with Gasteiger partial charge in [-0.1, -0.05) is 12.8 Å². The summed E-state index contributed by atoms with van der Waals surface area (Å²) in [6.45, 7) is 0.0706. The van der Waals surface area contributed by atoms with Gasteiger partial charge in [-0.3, -0.25) is 9.59 Å². The number of rotatable bonds is 7. The number of hydrogen-bond donors (Lipinski definition) is 3. The lowest BCUT2D eigenvalue weighted by molar-refractivity contribution is -0.137. The lowest BCUT2D eigenvalue weighted by atomic mass is 10.1. The van der Waals surface area contributed by atoms with E-state index in [1.165, 1.54) is 12.3 Å². The second-order valence-electron chi connectivity index (χ2n) is 5.87. The predicted octanol–water partition coefficient (Wildman–Crippen LogP) is 1.93. The Bertz CT molecular complexity index is 601. The van der Waals surface area contributed by atoms with Crippen molar-refractivity contribution in [2.75, 3.05) is 25.0 Å². The minimum absolute atomic E-state index is 0.0144. The molecule has 0 aromatic carbocycles. The fraction of sp³-hybridized carbons (Fsp3) is 0.562. The molecule has 2 amide bonds. The first-order valence-electron chi connectivity index (χ1n) is 8.18. The molecule has 1 aromatic rings. The van der Waals surface area contributed by atoms with Gasteiger partial charge in [-0.15, -0.1) is 0 Å². The van der Waals surface area contributed by atoms with Gasteiger partial charge in [-0.25, -0.2) is 4.98 Å². The molecule has 3 N–H and O–H groups in total. The largest absolute Gasteiger partial charge is 0.419 e. The molecule has 0 radical (unpaired) electrons. The topological polar surface area (TPSA) is 83.1 Å². The molecule has 0 saturated heterocycles. The average molecular weight is 358 g/mol. The van der Waals surface area contributed by atoms with Crippen molar-refractivity contribution < 1.29 is 22.8 Å². The van der Waals surface area contributed by atoms with Crippen molar-refractivity contribution >= 4 is 17.6 Å². The van der Waals surface area contributed by atoms with E-state index in [0.29, 0.717) is 0 Å². The monoisotopic (exact) mass is 358 g/mol. The molecule has 1 aromatic heterocycles. The minimum atomic E-state index is -4.50. The van der Waals surface area contributed by atoms with E-state index in [4.69, 9.17) is 0 Å². The van der Waals surface area contributed by atoms with Crippen molar-refractivity contribution in [3.63, 3.8) is 0 Å². The smallest absolute Gasteiger partial charge is 0.368 e. The number of aromatic nitrogens is 1. The van der Waals surface area contributed by atoms with Gasteiger partial charge < -0.3 is 16.0 Å². The van der Waals surface area contributed by atoms with E-state index < -0.39 is 11.7 Å². The number of halogens is 3. The van der Waals surface area contributed by atoms with E-state index in [0.717, 1.165) is 31.7 Å². The van der Waals surface area contributed by atoms with Crippen LogP contribution in [0.4, 0.5) is 19.0 Å². The van der Waals surface area contributed by atoms with Gasteiger partial charge >= 0.3 is 6.18 Å². The van der Waals surface area contributed by atoms with Crippen molar-refractivity contribution in [1.29, 1.82) is 0 Å². The summed E-state index contributed by atoms with van der Waals surface area (Å²) in [5.74, 6) is -0.794. The Hall–Kier alpha value is -2.32. The lowest BCUT2D eigenvalue weighted by Crippen LogP contribution is -2.40. The zero-order valence-corrected chi connectivity index (χ0v) is 13.7. The van der Waals surface area contributed by atoms with Crippen LogP contribution in [0, 0.1) is 5.92 Å². The average Bonchev–Trinajstić information content (AvgIpc) is 3.10. The van der Waals surface area contributed by atoms with Gasteiger partial charge in [0.1, 0.15) is 5.82 Å². The van der Waals surface area contributed by atoms with Gasteiger partial charge in [0.2, 0.25) is 11.8 Å². The number of carbonyl (C=O) groups is 2. The Morgan fingerprint density at radius 3 is 2.56 bits per heavy atom.